The highest BCUT2D eigenvalue weighted by atomic mass is 32.2. The van der Waals surface area contributed by atoms with E-state index in [1.807, 2.05) is 6.07 Å². The van der Waals surface area contributed by atoms with Crippen LogP contribution in [-0.4, -0.2) is 48.0 Å². The Morgan fingerprint density at radius 2 is 1.90 bits per heavy atom. The van der Waals surface area contributed by atoms with Gasteiger partial charge in [0.2, 0.25) is 10.0 Å². The molecule has 8 nitrogen and oxygen atoms in total. The van der Waals surface area contributed by atoms with Crippen molar-refractivity contribution in [1.82, 2.24) is 19.4 Å². The number of nitrogens with one attached hydrogen (secondary N) is 1. The molecule has 29 heavy (non-hydrogen) atoms. The number of hydrogen-bond donors (Lipinski definition) is 1. The number of hydrogen-bond acceptors (Lipinski definition) is 5. The largest absolute Gasteiger partial charge is 0.467 e. The number of aromatic nitrogens is 2. The zero-order chi connectivity index (χ0) is 20.9. The van der Waals surface area contributed by atoms with Crippen molar-refractivity contribution in [1.29, 1.82) is 0 Å². The van der Waals surface area contributed by atoms with Gasteiger partial charge in [-0.1, -0.05) is 13.8 Å². The Morgan fingerprint density at radius 3 is 2.45 bits per heavy atom. The molecule has 1 atom stereocenters. The number of benzene rings is 1. The molecule has 1 aromatic carbocycles. The van der Waals surface area contributed by atoms with Gasteiger partial charge in [0, 0.05) is 37.6 Å². The Kier molecular flexibility index (Phi) is 6.50. The summed E-state index contributed by atoms with van der Waals surface area (Å²) in [5.41, 5.74) is 0.377. The first-order chi connectivity index (χ1) is 14.0. The smallest absolute Gasteiger partial charge is 0.251 e. The number of nitrogens with zero attached hydrogens (tertiary/aromatic N) is 3. The van der Waals surface area contributed by atoms with Crippen molar-refractivity contribution in [2.45, 2.75) is 24.8 Å². The van der Waals surface area contributed by atoms with Crippen molar-refractivity contribution < 1.29 is 17.6 Å². The highest BCUT2D eigenvalue weighted by Gasteiger charge is 2.22. The maximum absolute atomic E-state index is 12.6. The average Bonchev–Trinajstić information content (AvgIpc) is 3.44. The maximum atomic E-state index is 12.6. The fraction of sp³-hybridized carbons (Fsp3) is 0.300. The van der Waals surface area contributed by atoms with Crippen LogP contribution in [0.5, 0.6) is 0 Å². The van der Waals surface area contributed by atoms with Crippen LogP contribution in [0.15, 0.2) is 70.4 Å². The van der Waals surface area contributed by atoms with E-state index in [1.165, 1.54) is 28.6 Å². The number of carbonyl (C=O) groups is 1. The van der Waals surface area contributed by atoms with Crippen LogP contribution >= 0.6 is 0 Å². The van der Waals surface area contributed by atoms with E-state index in [2.05, 4.69) is 10.4 Å². The molecule has 2 aromatic heterocycles. The van der Waals surface area contributed by atoms with E-state index in [9.17, 15) is 13.2 Å². The Hall–Kier alpha value is -2.91. The summed E-state index contributed by atoms with van der Waals surface area (Å²) in [6.07, 6.45) is 5.03. The fourth-order valence-corrected chi connectivity index (χ4v) is 4.51. The first-order valence-corrected chi connectivity index (χ1v) is 10.8. The number of furan rings is 1. The number of carbonyl (C=O) groups excluding carboxylic acids is 1. The zero-order valence-electron chi connectivity index (χ0n) is 16.4. The van der Waals surface area contributed by atoms with Gasteiger partial charge in [0.1, 0.15) is 11.8 Å². The highest BCUT2D eigenvalue weighted by Crippen LogP contribution is 2.18. The van der Waals surface area contributed by atoms with Gasteiger partial charge in [-0.15, -0.1) is 0 Å². The topological polar surface area (TPSA) is 97.4 Å². The van der Waals surface area contributed by atoms with E-state index in [4.69, 9.17) is 4.42 Å². The quantitative estimate of drug-likeness (QED) is 0.578. The first-order valence-electron chi connectivity index (χ1n) is 9.38. The van der Waals surface area contributed by atoms with Crippen LogP contribution in [0.25, 0.3) is 0 Å². The van der Waals surface area contributed by atoms with E-state index in [0.29, 0.717) is 24.4 Å². The molecule has 3 rings (SSSR count). The third kappa shape index (κ3) is 4.57. The molecule has 9 heteroatoms. The van der Waals surface area contributed by atoms with E-state index in [1.54, 1.807) is 49.3 Å². The van der Waals surface area contributed by atoms with Crippen LogP contribution in [-0.2, 0) is 10.0 Å². The van der Waals surface area contributed by atoms with Crippen LogP contribution in [0.3, 0.4) is 0 Å². The molecule has 1 N–H and O–H groups in total. The molecule has 0 saturated heterocycles. The molecular weight excluding hydrogens is 392 g/mol. The Morgan fingerprint density at radius 1 is 1.17 bits per heavy atom. The third-order valence-electron chi connectivity index (χ3n) is 4.63. The van der Waals surface area contributed by atoms with Crippen molar-refractivity contribution in [2.75, 3.05) is 19.6 Å². The molecule has 0 radical (unpaired) electrons. The molecule has 1 amide bonds. The predicted octanol–water partition coefficient (Wildman–Crippen LogP) is 2.53. The third-order valence-corrected chi connectivity index (χ3v) is 6.70. The van der Waals surface area contributed by atoms with Crippen molar-refractivity contribution in [3.63, 3.8) is 0 Å². The van der Waals surface area contributed by atoms with E-state index >= 15 is 0 Å². The summed E-state index contributed by atoms with van der Waals surface area (Å²) in [6.45, 7) is 4.63. The van der Waals surface area contributed by atoms with Crippen LogP contribution in [0, 0.1) is 0 Å². The summed E-state index contributed by atoms with van der Waals surface area (Å²) in [6, 6.07) is 11.1. The highest BCUT2D eigenvalue weighted by molar-refractivity contribution is 7.89. The monoisotopic (exact) mass is 416 g/mol. The van der Waals surface area contributed by atoms with Crippen LogP contribution in [0.4, 0.5) is 0 Å². The lowest BCUT2D eigenvalue weighted by atomic mass is 10.2. The molecule has 0 spiro atoms. The summed E-state index contributed by atoms with van der Waals surface area (Å²) in [5.74, 6) is 0.371. The SMILES string of the molecule is CCN(CC)S(=O)(=O)c1ccc(C(=O)NCC(c2ccco2)n2cccn2)cc1. The van der Waals surface area contributed by atoms with Crippen molar-refractivity contribution >= 4 is 15.9 Å². The van der Waals surface area contributed by atoms with Crippen LogP contribution in [0.2, 0.25) is 0 Å². The molecule has 154 valence electrons. The summed E-state index contributed by atoms with van der Waals surface area (Å²) in [5, 5.41) is 7.09. The fourth-order valence-electron chi connectivity index (χ4n) is 3.05. The van der Waals surface area contributed by atoms with E-state index in [-0.39, 0.29) is 23.4 Å². The van der Waals surface area contributed by atoms with Gasteiger partial charge in [0.25, 0.3) is 5.91 Å². The molecule has 2 heterocycles. The Labute approximate surface area is 170 Å². The molecule has 0 bridgehead atoms. The molecule has 0 saturated carbocycles. The molecule has 0 aliphatic rings. The predicted molar refractivity (Wildman–Crippen MR) is 108 cm³/mol. The minimum Gasteiger partial charge on any atom is -0.467 e. The first kappa shape index (κ1) is 20.8. The molecule has 0 aliphatic carbocycles. The number of amides is 1. The minimum atomic E-state index is -3.55. The molecule has 0 aliphatic heterocycles. The second-order valence-corrected chi connectivity index (χ2v) is 8.28. The standard InChI is InChI=1S/C20H24N4O4S/c1-3-23(4-2)29(26,27)17-10-8-16(9-11-17)20(25)21-15-18(19-7-5-14-28-19)24-13-6-12-22-24/h5-14,18H,3-4,15H2,1-2H3,(H,21,25). The lowest BCUT2D eigenvalue weighted by molar-refractivity contribution is 0.0948. The van der Waals surface area contributed by atoms with Crippen LogP contribution in [0.1, 0.15) is 36.0 Å². The summed E-state index contributed by atoms with van der Waals surface area (Å²) < 4.78 is 33.7. The normalized spacial score (nSPS) is 12.8. The van der Waals surface area contributed by atoms with Crippen molar-refractivity contribution in [3.8, 4) is 0 Å². The van der Waals surface area contributed by atoms with E-state index in [0.717, 1.165) is 0 Å². The van der Waals surface area contributed by atoms with Crippen molar-refractivity contribution in [2.24, 2.45) is 0 Å². The molecular formula is C20H24N4O4S. The van der Waals surface area contributed by atoms with Gasteiger partial charge in [0.05, 0.1) is 11.2 Å². The second-order valence-electron chi connectivity index (χ2n) is 6.34. The van der Waals surface area contributed by atoms with Gasteiger partial charge in [-0.05, 0) is 42.5 Å². The Bertz CT molecular complexity index is 975. The number of sulfonamides is 1. The lowest BCUT2D eigenvalue weighted by Gasteiger charge is -2.18. The average molecular weight is 417 g/mol. The molecule has 1 unspecified atom stereocenters. The second kappa shape index (κ2) is 9.06. The van der Waals surface area contributed by atoms with Gasteiger partial charge in [-0.2, -0.15) is 9.40 Å². The zero-order valence-corrected chi connectivity index (χ0v) is 17.2. The molecule has 3 aromatic rings. The van der Waals surface area contributed by atoms with Gasteiger partial charge < -0.3 is 9.73 Å². The summed E-state index contributed by atoms with van der Waals surface area (Å²) in [7, 11) is -3.55. The van der Waals surface area contributed by atoms with Gasteiger partial charge in [-0.25, -0.2) is 8.42 Å². The summed E-state index contributed by atoms with van der Waals surface area (Å²) >= 11 is 0. The van der Waals surface area contributed by atoms with Crippen LogP contribution < -0.4 is 5.32 Å². The summed E-state index contributed by atoms with van der Waals surface area (Å²) in [4.78, 5) is 12.7. The van der Waals surface area contributed by atoms with Gasteiger partial charge >= 0.3 is 0 Å². The maximum Gasteiger partial charge on any atom is 0.251 e. The molecule has 0 fully saturated rings. The lowest BCUT2D eigenvalue weighted by Crippen LogP contribution is -2.32. The Balaban J connectivity index is 1.71. The van der Waals surface area contributed by atoms with Gasteiger partial charge in [0.15, 0.2) is 0 Å². The van der Waals surface area contributed by atoms with E-state index < -0.39 is 10.0 Å². The minimum absolute atomic E-state index is 0.169. The van der Waals surface area contributed by atoms with Gasteiger partial charge in [-0.3, -0.25) is 9.48 Å². The van der Waals surface area contributed by atoms with Crippen molar-refractivity contribution in [3.05, 3.63) is 72.4 Å². The number of rotatable bonds is 9.